The second-order valence-corrected chi connectivity index (χ2v) is 6.62. The number of allylic oxidation sites excluding steroid dienone is 1. The molecule has 0 radical (unpaired) electrons. The van der Waals surface area contributed by atoms with Crippen LogP contribution in [0.25, 0.3) is 11.6 Å². The molecule has 0 saturated carbocycles. The smallest absolute Gasteiger partial charge is 0.226 e. The summed E-state index contributed by atoms with van der Waals surface area (Å²) in [6, 6.07) is 3.68. The third-order valence-electron chi connectivity index (χ3n) is 3.19. The van der Waals surface area contributed by atoms with Gasteiger partial charge < -0.3 is 8.94 Å². The van der Waals surface area contributed by atoms with Crippen molar-refractivity contribution in [3.05, 3.63) is 42.8 Å². The van der Waals surface area contributed by atoms with E-state index in [1.54, 1.807) is 12.3 Å². The van der Waals surface area contributed by atoms with E-state index < -0.39 is 0 Å². The van der Waals surface area contributed by atoms with Crippen LogP contribution >= 0.6 is 11.8 Å². The quantitative estimate of drug-likeness (QED) is 0.455. The number of aromatic nitrogens is 5. The van der Waals surface area contributed by atoms with Crippen molar-refractivity contribution in [1.82, 2.24) is 24.9 Å². The highest BCUT2D eigenvalue weighted by Crippen LogP contribution is 2.26. The van der Waals surface area contributed by atoms with Gasteiger partial charge in [-0.15, -0.1) is 16.8 Å². The van der Waals surface area contributed by atoms with Crippen LogP contribution in [0.4, 0.5) is 0 Å². The van der Waals surface area contributed by atoms with Gasteiger partial charge in [0.15, 0.2) is 16.7 Å². The molecule has 0 fully saturated rings. The third kappa shape index (κ3) is 3.76. The van der Waals surface area contributed by atoms with Crippen molar-refractivity contribution < 1.29 is 8.94 Å². The highest BCUT2D eigenvalue weighted by atomic mass is 32.2. The Hall–Kier alpha value is -2.35. The molecule has 8 heteroatoms. The summed E-state index contributed by atoms with van der Waals surface area (Å²) in [5, 5.41) is 13.2. The van der Waals surface area contributed by atoms with Crippen LogP contribution in [0.1, 0.15) is 25.6 Å². The number of nitrogens with zero attached hydrogens (tertiary/aromatic N) is 5. The van der Waals surface area contributed by atoms with Gasteiger partial charge >= 0.3 is 0 Å². The van der Waals surface area contributed by atoms with E-state index in [0.29, 0.717) is 41.5 Å². The molecule has 24 heavy (non-hydrogen) atoms. The second-order valence-electron chi connectivity index (χ2n) is 5.67. The van der Waals surface area contributed by atoms with Crippen molar-refractivity contribution in [2.45, 2.75) is 37.7 Å². The Balaban J connectivity index is 1.73. The van der Waals surface area contributed by atoms with Gasteiger partial charge in [-0.2, -0.15) is 4.98 Å². The second kappa shape index (κ2) is 7.48. The molecule has 0 atom stereocenters. The lowest BCUT2D eigenvalue weighted by Crippen LogP contribution is -2.00. The molecule has 7 nitrogen and oxygen atoms in total. The van der Waals surface area contributed by atoms with E-state index in [2.05, 4.69) is 40.8 Å². The average molecular weight is 345 g/mol. The van der Waals surface area contributed by atoms with E-state index in [1.807, 2.05) is 16.7 Å². The third-order valence-corrected chi connectivity index (χ3v) is 4.16. The molecule has 0 unspecified atom stereocenters. The van der Waals surface area contributed by atoms with Gasteiger partial charge in [0.2, 0.25) is 11.7 Å². The first kappa shape index (κ1) is 16.5. The zero-order valence-corrected chi connectivity index (χ0v) is 14.5. The summed E-state index contributed by atoms with van der Waals surface area (Å²) in [7, 11) is 0. The van der Waals surface area contributed by atoms with Gasteiger partial charge in [0, 0.05) is 13.0 Å². The van der Waals surface area contributed by atoms with E-state index in [0.717, 1.165) is 11.6 Å². The lowest BCUT2D eigenvalue weighted by molar-refractivity contribution is 0.360. The molecule has 3 aromatic rings. The number of rotatable bonds is 8. The van der Waals surface area contributed by atoms with Crippen molar-refractivity contribution in [3.8, 4) is 11.6 Å². The SMILES string of the molecule is C=CCn1c(SCc2noc(CC(C)C)n2)nnc1-c1ccco1. The van der Waals surface area contributed by atoms with Crippen LogP contribution in [0.2, 0.25) is 0 Å². The molecule has 126 valence electrons. The fraction of sp³-hybridized carbons (Fsp3) is 0.375. The molecule has 0 aliphatic carbocycles. The standard InChI is InChI=1S/C16H19N5O2S/c1-4-7-21-15(12-6-5-8-22-12)18-19-16(21)24-10-13-17-14(23-20-13)9-11(2)3/h4-6,8,11H,1,7,9-10H2,2-3H3. The minimum Gasteiger partial charge on any atom is -0.461 e. The highest BCUT2D eigenvalue weighted by Gasteiger charge is 2.16. The highest BCUT2D eigenvalue weighted by molar-refractivity contribution is 7.98. The number of hydrogen-bond acceptors (Lipinski definition) is 7. The number of hydrogen-bond donors (Lipinski definition) is 0. The summed E-state index contributed by atoms with van der Waals surface area (Å²) in [6.45, 7) is 8.62. The van der Waals surface area contributed by atoms with Gasteiger partial charge in [0.25, 0.3) is 0 Å². The molecule has 3 heterocycles. The van der Waals surface area contributed by atoms with Crippen LogP contribution in [0.15, 0.2) is 45.1 Å². The van der Waals surface area contributed by atoms with E-state index in [4.69, 9.17) is 8.94 Å². The first-order valence-corrected chi connectivity index (χ1v) is 8.68. The van der Waals surface area contributed by atoms with Crippen molar-refractivity contribution in [2.75, 3.05) is 0 Å². The van der Waals surface area contributed by atoms with Crippen LogP contribution < -0.4 is 0 Å². The lowest BCUT2D eigenvalue weighted by Gasteiger charge is -2.04. The first-order chi connectivity index (χ1) is 11.7. The van der Waals surface area contributed by atoms with Gasteiger partial charge in [0.1, 0.15) is 0 Å². The molecular formula is C16H19N5O2S. The average Bonchev–Trinajstić information content (AvgIpc) is 3.25. The maximum Gasteiger partial charge on any atom is 0.226 e. The fourth-order valence-electron chi connectivity index (χ4n) is 2.19. The minimum atomic E-state index is 0.484. The predicted molar refractivity (Wildman–Crippen MR) is 90.3 cm³/mol. The molecule has 0 aromatic carbocycles. The van der Waals surface area contributed by atoms with Crippen molar-refractivity contribution in [1.29, 1.82) is 0 Å². The molecule has 0 amide bonds. The van der Waals surface area contributed by atoms with Crippen molar-refractivity contribution in [3.63, 3.8) is 0 Å². The minimum absolute atomic E-state index is 0.484. The Kier molecular flexibility index (Phi) is 5.14. The van der Waals surface area contributed by atoms with Gasteiger partial charge in [-0.3, -0.25) is 4.57 Å². The Bertz CT molecular complexity index is 791. The molecule has 3 rings (SSSR count). The number of furan rings is 1. The topological polar surface area (TPSA) is 82.8 Å². The first-order valence-electron chi connectivity index (χ1n) is 7.69. The van der Waals surface area contributed by atoms with E-state index in [-0.39, 0.29) is 0 Å². The van der Waals surface area contributed by atoms with Crippen molar-refractivity contribution in [2.24, 2.45) is 5.92 Å². The monoisotopic (exact) mass is 345 g/mol. The summed E-state index contributed by atoms with van der Waals surface area (Å²) in [5.41, 5.74) is 0. The van der Waals surface area contributed by atoms with E-state index in [9.17, 15) is 0 Å². The normalized spacial score (nSPS) is 11.3. The maximum atomic E-state index is 5.42. The summed E-state index contributed by atoms with van der Waals surface area (Å²) in [6.07, 6.45) is 4.20. The molecule has 0 bridgehead atoms. The van der Waals surface area contributed by atoms with Gasteiger partial charge in [-0.05, 0) is 18.1 Å². The summed E-state index contributed by atoms with van der Waals surface area (Å²) in [4.78, 5) is 4.40. The molecule has 0 aliphatic heterocycles. The fourth-order valence-corrected chi connectivity index (χ4v) is 2.98. The maximum absolute atomic E-state index is 5.42. The molecular weight excluding hydrogens is 326 g/mol. The Morgan fingerprint density at radius 1 is 1.38 bits per heavy atom. The molecule has 0 spiro atoms. The van der Waals surface area contributed by atoms with Crippen LogP contribution in [0.5, 0.6) is 0 Å². The molecule has 3 aromatic heterocycles. The van der Waals surface area contributed by atoms with Crippen LogP contribution in [0, 0.1) is 5.92 Å². The zero-order chi connectivity index (χ0) is 16.9. The lowest BCUT2D eigenvalue weighted by atomic mass is 10.1. The largest absolute Gasteiger partial charge is 0.461 e. The van der Waals surface area contributed by atoms with Gasteiger partial charge in [-0.25, -0.2) is 0 Å². The Morgan fingerprint density at radius 3 is 2.96 bits per heavy atom. The van der Waals surface area contributed by atoms with Gasteiger partial charge in [-0.1, -0.05) is 36.8 Å². The molecule has 0 N–H and O–H groups in total. The predicted octanol–water partition coefficient (Wildman–Crippen LogP) is 3.60. The Morgan fingerprint density at radius 2 is 2.25 bits per heavy atom. The zero-order valence-electron chi connectivity index (χ0n) is 13.7. The summed E-state index contributed by atoms with van der Waals surface area (Å²) >= 11 is 1.51. The number of thioether (sulfide) groups is 1. The summed E-state index contributed by atoms with van der Waals surface area (Å²) < 4.78 is 12.6. The van der Waals surface area contributed by atoms with E-state index in [1.165, 1.54) is 11.8 Å². The van der Waals surface area contributed by atoms with Crippen LogP contribution in [-0.2, 0) is 18.7 Å². The van der Waals surface area contributed by atoms with Crippen LogP contribution in [0.3, 0.4) is 0 Å². The molecule has 0 saturated heterocycles. The van der Waals surface area contributed by atoms with E-state index >= 15 is 0 Å². The molecule has 0 aliphatic rings. The van der Waals surface area contributed by atoms with Crippen molar-refractivity contribution >= 4 is 11.8 Å². The van der Waals surface area contributed by atoms with Gasteiger partial charge in [0.05, 0.1) is 12.0 Å². The summed E-state index contributed by atoms with van der Waals surface area (Å²) in [5.74, 6) is 3.73. The Labute approximate surface area is 144 Å². The van der Waals surface area contributed by atoms with Crippen LogP contribution in [-0.4, -0.2) is 24.9 Å².